The smallest absolute Gasteiger partial charge is 0.253 e. The van der Waals surface area contributed by atoms with Crippen LogP contribution in [0.2, 0.25) is 0 Å². The summed E-state index contributed by atoms with van der Waals surface area (Å²) in [4.78, 5) is 18.8. The first-order valence-corrected chi connectivity index (χ1v) is 7.31. The summed E-state index contributed by atoms with van der Waals surface area (Å²) in [5.41, 5.74) is 7.36. The summed E-state index contributed by atoms with van der Waals surface area (Å²) in [6.45, 7) is 3.63. The number of hydrogen-bond donors (Lipinski definition) is 1. The van der Waals surface area contributed by atoms with E-state index in [0.717, 1.165) is 37.3 Å². The van der Waals surface area contributed by atoms with Crippen LogP contribution in [-0.4, -0.2) is 75.0 Å². The molecule has 0 atom stereocenters. The Labute approximate surface area is 128 Å². The lowest BCUT2D eigenvalue weighted by Gasteiger charge is -2.26. The van der Waals surface area contributed by atoms with Gasteiger partial charge in [-0.05, 0) is 45.9 Å². The van der Waals surface area contributed by atoms with Gasteiger partial charge in [0.15, 0.2) is 0 Å². The number of nitrogens with zero attached hydrogens (tertiary/aromatic N) is 3. The molecule has 21 heavy (non-hydrogen) atoms. The zero-order chi connectivity index (χ0) is 15.8. The van der Waals surface area contributed by atoms with E-state index in [4.69, 9.17) is 5.73 Å². The fourth-order valence-electron chi connectivity index (χ4n) is 1.97. The summed E-state index contributed by atoms with van der Waals surface area (Å²) < 4.78 is 0. The second-order valence-corrected chi connectivity index (χ2v) is 5.80. The third kappa shape index (κ3) is 6.25. The molecule has 0 heterocycles. The van der Waals surface area contributed by atoms with Crippen molar-refractivity contribution in [2.24, 2.45) is 5.73 Å². The number of amides is 1. The van der Waals surface area contributed by atoms with Gasteiger partial charge in [0.05, 0.1) is 0 Å². The second-order valence-electron chi connectivity index (χ2n) is 5.80. The minimum atomic E-state index is 0.0778. The standard InChI is InChI=1S/C16H28N4O/c1-18(2)8-10-20(11-9-19(3)4)16(21)15-7-5-6-14(12-15)13-17/h5-7,12H,8-11,13,17H2,1-4H3. The van der Waals surface area contributed by atoms with Crippen molar-refractivity contribution in [3.8, 4) is 0 Å². The topological polar surface area (TPSA) is 52.8 Å². The van der Waals surface area contributed by atoms with Gasteiger partial charge >= 0.3 is 0 Å². The monoisotopic (exact) mass is 292 g/mol. The van der Waals surface area contributed by atoms with Crippen LogP contribution in [0.4, 0.5) is 0 Å². The molecule has 1 amide bonds. The molecule has 1 aromatic carbocycles. The number of likely N-dealkylation sites (N-methyl/N-ethyl adjacent to an activating group) is 2. The van der Waals surface area contributed by atoms with Gasteiger partial charge in [0.2, 0.25) is 0 Å². The number of hydrogen-bond acceptors (Lipinski definition) is 4. The highest BCUT2D eigenvalue weighted by Crippen LogP contribution is 2.08. The zero-order valence-electron chi connectivity index (χ0n) is 13.7. The summed E-state index contributed by atoms with van der Waals surface area (Å²) in [6.07, 6.45) is 0. The molecule has 0 aliphatic rings. The van der Waals surface area contributed by atoms with E-state index in [-0.39, 0.29) is 5.91 Å². The molecular weight excluding hydrogens is 264 g/mol. The van der Waals surface area contributed by atoms with Gasteiger partial charge in [-0.15, -0.1) is 0 Å². The molecule has 0 saturated heterocycles. The number of nitrogens with two attached hydrogens (primary N) is 1. The van der Waals surface area contributed by atoms with Crippen molar-refractivity contribution >= 4 is 5.91 Å². The molecule has 5 heteroatoms. The molecule has 5 nitrogen and oxygen atoms in total. The van der Waals surface area contributed by atoms with E-state index in [2.05, 4.69) is 9.80 Å². The van der Waals surface area contributed by atoms with Crippen LogP contribution in [0.15, 0.2) is 24.3 Å². The number of rotatable bonds is 8. The lowest BCUT2D eigenvalue weighted by atomic mass is 10.1. The van der Waals surface area contributed by atoms with Gasteiger partial charge in [0.1, 0.15) is 0 Å². The normalized spacial score (nSPS) is 11.2. The minimum absolute atomic E-state index is 0.0778. The molecule has 0 aliphatic carbocycles. The fraction of sp³-hybridized carbons (Fsp3) is 0.562. The first kappa shape index (κ1) is 17.6. The molecular formula is C16H28N4O. The van der Waals surface area contributed by atoms with Crippen LogP contribution in [0.5, 0.6) is 0 Å². The maximum absolute atomic E-state index is 12.7. The highest BCUT2D eigenvalue weighted by molar-refractivity contribution is 5.94. The lowest BCUT2D eigenvalue weighted by Crippen LogP contribution is -2.40. The SMILES string of the molecule is CN(C)CCN(CCN(C)C)C(=O)c1cccc(CN)c1. The zero-order valence-corrected chi connectivity index (χ0v) is 13.7. The van der Waals surface area contributed by atoms with Crippen molar-refractivity contribution < 1.29 is 4.79 Å². The summed E-state index contributed by atoms with van der Waals surface area (Å²) in [7, 11) is 8.07. The van der Waals surface area contributed by atoms with Gasteiger partial charge in [0.25, 0.3) is 5.91 Å². The van der Waals surface area contributed by atoms with E-state index in [1.807, 2.05) is 57.4 Å². The van der Waals surface area contributed by atoms with Crippen LogP contribution < -0.4 is 5.73 Å². The van der Waals surface area contributed by atoms with E-state index in [0.29, 0.717) is 6.54 Å². The molecule has 0 bridgehead atoms. The largest absolute Gasteiger partial charge is 0.336 e. The summed E-state index contributed by atoms with van der Waals surface area (Å²) in [5, 5.41) is 0. The third-order valence-corrected chi connectivity index (χ3v) is 3.33. The van der Waals surface area contributed by atoms with Crippen molar-refractivity contribution in [3.63, 3.8) is 0 Å². The molecule has 0 aliphatic heterocycles. The molecule has 0 spiro atoms. The van der Waals surface area contributed by atoms with Crippen LogP contribution in [-0.2, 0) is 6.54 Å². The maximum Gasteiger partial charge on any atom is 0.253 e. The Bertz CT molecular complexity index is 434. The second kappa shape index (κ2) is 8.77. The highest BCUT2D eigenvalue weighted by Gasteiger charge is 2.16. The molecule has 0 fully saturated rings. The van der Waals surface area contributed by atoms with Gasteiger partial charge in [-0.3, -0.25) is 4.79 Å². The minimum Gasteiger partial charge on any atom is -0.336 e. The molecule has 1 aromatic rings. The van der Waals surface area contributed by atoms with Crippen LogP contribution in [0, 0.1) is 0 Å². The van der Waals surface area contributed by atoms with Crippen LogP contribution >= 0.6 is 0 Å². The fourth-order valence-corrected chi connectivity index (χ4v) is 1.97. The highest BCUT2D eigenvalue weighted by atomic mass is 16.2. The molecule has 0 radical (unpaired) electrons. The van der Waals surface area contributed by atoms with Crippen LogP contribution in [0.1, 0.15) is 15.9 Å². The van der Waals surface area contributed by atoms with Gasteiger partial charge in [-0.25, -0.2) is 0 Å². The predicted octanol–water partition coefficient (Wildman–Crippen LogP) is 0.711. The van der Waals surface area contributed by atoms with Gasteiger partial charge in [0, 0.05) is 38.3 Å². The first-order chi connectivity index (χ1) is 9.93. The van der Waals surface area contributed by atoms with Crippen LogP contribution in [0.3, 0.4) is 0 Å². The molecule has 2 N–H and O–H groups in total. The molecule has 1 rings (SSSR count). The Morgan fingerprint density at radius 3 is 2.05 bits per heavy atom. The van der Waals surface area contributed by atoms with Gasteiger partial charge in [-0.2, -0.15) is 0 Å². The third-order valence-electron chi connectivity index (χ3n) is 3.33. The van der Waals surface area contributed by atoms with Crippen molar-refractivity contribution in [1.82, 2.24) is 14.7 Å². The number of carbonyl (C=O) groups excluding carboxylic acids is 1. The Morgan fingerprint density at radius 2 is 1.57 bits per heavy atom. The van der Waals surface area contributed by atoms with E-state index >= 15 is 0 Å². The van der Waals surface area contributed by atoms with E-state index < -0.39 is 0 Å². The van der Waals surface area contributed by atoms with Crippen molar-refractivity contribution in [2.45, 2.75) is 6.54 Å². The Morgan fingerprint density at radius 1 is 1.00 bits per heavy atom. The van der Waals surface area contributed by atoms with Crippen molar-refractivity contribution in [2.75, 3.05) is 54.4 Å². The Hall–Kier alpha value is -1.43. The maximum atomic E-state index is 12.7. The summed E-state index contributed by atoms with van der Waals surface area (Å²) in [6, 6.07) is 7.59. The molecule has 0 unspecified atom stereocenters. The summed E-state index contributed by atoms with van der Waals surface area (Å²) >= 11 is 0. The van der Waals surface area contributed by atoms with Crippen molar-refractivity contribution in [1.29, 1.82) is 0 Å². The van der Waals surface area contributed by atoms with Crippen LogP contribution in [0.25, 0.3) is 0 Å². The average molecular weight is 292 g/mol. The molecule has 118 valence electrons. The van der Waals surface area contributed by atoms with Gasteiger partial charge in [-0.1, -0.05) is 12.1 Å². The molecule has 0 saturated carbocycles. The molecule has 0 aromatic heterocycles. The van der Waals surface area contributed by atoms with Crippen molar-refractivity contribution in [3.05, 3.63) is 35.4 Å². The van der Waals surface area contributed by atoms with E-state index in [1.54, 1.807) is 0 Å². The average Bonchev–Trinajstić information content (AvgIpc) is 2.46. The van der Waals surface area contributed by atoms with E-state index in [1.165, 1.54) is 0 Å². The Kier molecular flexibility index (Phi) is 7.36. The number of benzene rings is 1. The lowest BCUT2D eigenvalue weighted by molar-refractivity contribution is 0.0734. The van der Waals surface area contributed by atoms with E-state index in [9.17, 15) is 4.79 Å². The summed E-state index contributed by atoms with van der Waals surface area (Å²) in [5.74, 6) is 0.0778. The quantitative estimate of drug-likeness (QED) is 0.767. The first-order valence-electron chi connectivity index (χ1n) is 7.31. The predicted molar refractivity (Wildman–Crippen MR) is 87.3 cm³/mol. The van der Waals surface area contributed by atoms with Gasteiger partial charge < -0.3 is 20.4 Å². The Balaban J connectivity index is 2.81. The number of carbonyl (C=O) groups is 1.